The van der Waals surface area contributed by atoms with E-state index in [9.17, 15) is 34.8 Å². The molecule has 0 unspecified atom stereocenters. The third kappa shape index (κ3) is 4.94. The molecule has 4 saturated carbocycles. The van der Waals surface area contributed by atoms with E-state index < -0.39 is 106 Å². The number of ether oxygens (including phenoxy) is 4. The van der Waals surface area contributed by atoms with E-state index in [1.54, 1.807) is 33.8 Å². The van der Waals surface area contributed by atoms with Crippen molar-refractivity contribution in [1.29, 1.82) is 0 Å². The van der Waals surface area contributed by atoms with Crippen LogP contribution in [0.2, 0.25) is 0 Å². The van der Waals surface area contributed by atoms with Crippen LogP contribution in [0.25, 0.3) is 0 Å². The molecular weight excluding hydrogens is 658 g/mol. The monoisotopic (exact) mass is 717 g/mol. The van der Waals surface area contributed by atoms with Gasteiger partial charge in [-0.25, -0.2) is 4.79 Å². The third-order valence-corrected chi connectivity index (χ3v) is 15.3. The molecular formula is C39H59NO11. The lowest BCUT2D eigenvalue weighted by Gasteiger charge is -2.64. The van der Waals surface area contributed by atoms with Gasteiger partial charge in [-0.05, 0) is 83.5 Å². The van der Waals surface area contributed by atoms with Crippen molar-refractivity contribution < 1.29 is 53.8 Å². The lowest BCUT2D eigenvalue weighted by Crippen LogP contribution is -2.77. The maximum absolute atomic E-state index is 13.7. The van der Waals surface area contributed by atoms with Gasteiger partial charge >= 0.3 is 17.9 Å². The number of fused-ring (bicyclic) bond motifs is 5. The van der Waals surface area contributed by atoms with Gasteiger partial charge in [0.05, 0.1) is 29.1 Å². The van der Waals surface area contributed by atoms with Gasteiger partial charge in [-0.15, -0.1) is 0 Å². The van der Waals surface area contributed by atoms with E-state index >= 15 is 0 Å². The van der Waals surface area contributed by atoms with Gasteiger partial charge in [-0.3, -0.25) is 14.5 Å². The van der Waals surface area contributed by atoms with Crippen LogP contribution in [0.15, 0.2) is 11.6 Å². The average molecular weight is 718 g/mol. The Bertz CT molecular complexity index is 1480. The van der Waals surface area contributed by atoms with E-state index in [1.165, 1.54) is 6.92 Å². The lowest BCUT2D eigenvalue weighted by atomic mass is 9.49. The fraction of sp³-hybridized carbons (Fsp3) is 0.872. The molecule has 0 aromatic heterocycles. The van der Waals surface area contributed by atoms with Crippen molar-refractivity contribution in [2.75, 3.05) is 13.1 Å². The lowest BCUT2D eigenvalue weighted by molar-refractivity contribution is -0.300. The molecule has 0 aromatic carbocycles. The molecule has 286 valence electrons. The summed E-state index contributed by atoms with van der Waals surface area (Å²) in [6, 6.07) is -0.224. The molecule has 4 N–H and O–H groups in total. The summed E-state index contributed by atoms with van der Waals surface area (Å²) in [5.41, 5.74) is -5.06. The minimum atomic E-state index is -1.97. The predicted octanol–water partition coefficient (Wildman–Crippen LogP) is 2.87. The Kier molecular flexibility index (Phi) is 8.92. The first-order valence-electron chi connectivity index (χ1n) is 19.3. The zero-order valence-electron chi connectivity index (χ0n) is 31.5. The molecule has 3 saturated heterocycles. The van der Waals surface area contributed by atoms with Crippen LogP contribution in [-0.4, -0.2) is 109 Å². The Hall–Kier alpha value is -2.09. The standard InChI is InChI=1S/C39H59NO11/c1-9-20(4)33(43)49-28-13-14-35(7)26-15-25(48-22(6)41)31-37(35,51-39(26,28)47)16-24-23-18-40-17-19(3)11-12-27(40)36(8,45)29(23)30(42)32(38(24,31)46)50-34(44)21(5)10-2/h9,19,21,23-32,42,45-47H,10-18H2,1-8H3/b20-9+/t19-,21+,23+,24-,25+,26-,27-,28-,29+,30+,31-,32-,35-,36+,37+,38-,39-/m0/s1. The van der Waals surface area contributed by atoms with Crippen LogP contribution in [0.5, 0.6) is 0 Å². The second-order valence-electron chi connectivity index (χ2n) is 17.9. The highest BCUT2D eigenvalue weighted by Crippen LogP contribution is 2.77. The van der Waals surface area contributed by atoms with Gasteiger partial charge in [-0.2, -0.15) is 0 Å². The summed E-state index contributed by atoms with van der Waals surface area (Å²) in [6.45, 7) is 15.5. The molecule has 17 atom stereocenters. The van der Waals surface area contributed by atoms with Crippen molar-refractivity contribution in [1.82, 2.24) is 4.90 Å². The van der Waals surface area contributed by atoms with Crippen LogP contribution in [0.3, 0.4) is 0 Å². The van der Waals surface area contributed by atoms with Crippen LogP contribution in [0.4, 0.5) is 0 Å². The molecule has 12 nitrogen and oxygen atoms in total. The zero-order chi connectivity index (χ0) is 37.2. The molecule has 3 heterocycles. The van der Waals surface area contributed by atoms with Crippen LogP contribution in [-0.2, 0) is 33.3 Å². The largest absolute Gasteiger partial charge is 0.462 e. The molecule has 51 heavy (non-hydrogen) atoms. The smallest absolute Gasteiger partial charge is 0.333 e. The first kappa shape index (κ1) is 37.2. The average Bonchev–Trinajstić information content (AvgIpc) is 3.33. The van der Waals surface area contributed by atoms with E-state index in [2.05, 4.69) is 11.8 Å². The van der Waals surface area contributed by atoms with Crippen molar-refractivity contribution >= 4 is 17.9 Å². The number of aliphatic hydroxyl groups is 4. The molecule has 12 heteroatoms. The van der Waals surface area contributed by atoms with Crippen LogP contribution < -0.4 is 0 Å². The first-order chi connectivity index (χ1) is 23.8. The zero-order valence-corrected chi connectivity index (χ0v) is 31.5. The fourth-order valence-electron chi connectivity index (χ4n) is 12.7. The highest BCUT2D eigenvalue weighted by atomic mass is 16.7. The minimum Gasteiger partial charge on any atom is -0.462 e. The molecule has 0 amide bonds. The highest BCUT2D eigenvalue weighted by molar-refractivity contribution is 5.87. The SMILES string of the molecule is C/C=C(\C)C(=O)O[C@H]1CC[C@@]2(C)[C@@H]3C[C@@H](OC(C)=O)[C@@H]4[C@@]5(O)[C@@H](C[C@@]42O[C@]13O)[C@H]1CN2C[C@@H](C)CC[C@H]2[C@@](C)(O)[C@H]1[C@@H](O)[C@@H]5OC(=O)[C@H](C)CC. The number of carbonyl (C=O) groups is 3. The number of allylic oxidation sites excluding steroid dienone is 1. The summed E-state index contributed by atoms with van der Waals surface area (Å²) in [7, 11) is 0. The summed E-state index contributed by atoms with van der Waals surface area (Å²) >= 11 is 0. The topological polar surface area (TPSA) is 172 Å². The Balaban J connectivity index is 1.40. The van der Waals surface area contributed by atoms with Crippen molar-refractivity contribution in [3.8, 4) is 0 Å². The maximum atomic E-state index is 13.7. The Morgan fingerprint density at radius 3 is 2.39 bits per heavy atom. The molecule has 1 spiro atoms. The molecule has 0 radical (unpaired) electrons. The summed E-state index contributed by atoms with van der Waals surface area (Å²) in [4.78, 5) is 41.9. The molecule has 4 aliphatic carbocycles. The third-order valence-electron chi connectivity index (χ3n) is 15.3. The second kappa shape index (κ2) is 12.2. The number of esters is 3. The Morgan fingerprint density at radius 1 is 1.04 bits per heavy atom. The van der Waals surface area contributed by atoms with Crippen molar-refractivity contribution in [2.45, 2.75) is 153 Å². The van der Waals surface area contributed by atoms with Crippen LogP contribution in [0, 0.1) is 46.8 Å². The van der Waals surface area contributed by atoms with E-state index in [0.29, 0.717) is 37.3 Å². The fourth-order valence-corrected chi connectivity index (χ4v) is 12.7. The predicted molar refractivity (Wildman–Crippen MR) is 182 cm³/mol. The summed E-state index contributed by atoms with van der Waals surface area (Å²) in [6.07, 6.45) is -0.00676. The highest BCUT2D eigenvalue weighted by Gasteiger charge is 2.87. The first-order valence-corrected chi connectivity index (χ1v) is 19.3. The van der Waals surface area contributed by atoms with E-state index in [4.69, 9.17) is 18.9 Å². The molecule has 7 fully saturated rings. The Labute approximate surface area is 301 Å². The van der Waals surface area contributed by atoms with Gasteiger partial charge in [0.15, 0.2) is 12.2 Å². The number of hydrogen-bond acceptors (Lipinski definition) is 12. The van der Waals surface area contributed by atoms with Gasteiger partial charge in [-0.1, -0.05) is 33.8 Å². The quantitative estimate of drug-likeness (QED) is 0.180. The number of aliphatic hydroxyl groups excluding tert-OH is 1. The van der Waals surface area contributed by atoms with Gasteiger partial charge in [0.2, 0.25) is 5.79 Å². The molecule has 7 aliphatic rings. The van der Waals surface area contributed by atoms with Crippen LogP contribution in [0.1, 0.15) is 100 Å². The van der Waals surface area contributed by atoms with E-state index in [1.807, 2.05) is 13.8 Å². The Morgan fingerprint density at radius 2 is 1.75 bits per heavy atom. The van der Waals surface area contributed by atoms with Gasteiger partial charge < -0.3 is 39.4 Å². The molecule has 7 rings (SSSR count). The van der Waals surface area contributed by atoms with Gasteiger partial charge in [0, 0.05) is 48.9 Å². The van der Waals surface area contributed by atoms with Crippen LogP contribution >= 0.6 is 0 Å². The van der Waals surface area contributed by atoms with Crippen molar-refractivity contribution in [3.63, 3.8) is 0 Å². The number of rotatable bonds is 6. The van der Waals surface area contributed by atoms with Gasteiger partial charge in [0.1, 0.15) is 11.7 Å². The summed E-state index contributed by atoms with van der Waals surface area (Å²) < 4.78 is 25.3. The molecule has 4 bridgehead atoms. The second-order valence-corrected chi connectivity index (χ2v) is 17.9. The van der Waals surface area contributed by atoms with Crippen molar-refractivity contribution in [3.05, 3.63) is 11.6 Å². The van der Waals surface area contributed by atoms with Gasteiger partial charge in [0.25, 0.3) is 0 Å². The summed E-state index contributed by atoms with van der Waals surface area (Å²) in [5, 5.41) is 51.3. The minimum absolute atomic E-state index is 0.102. The molecule has 3 aliphatic heterocycles. The van der Waals surface area contributed by atoms with E-state index in [0.717, 1.165) is 19.4 Å². The van der Waals surface area contributed by atoms with E-state index in [-0.39, 0.29) is 18.9 Å². The number of piperidine rings is 2. The molecule has 0 aromatic rings. The maximum Gasteiger partial charge on any atom is 0.333 e. The summed E-state index contributed by atoms with van der Waals surface area (Å²) in [5.74, 6) is -7.33. The normalized spacial score (nSPS) is 52.1. The number of carbonyl (C=O) groups excluding carboxylic acids is 3. The number of hydrogen-bond donors (Lipinski definition) is 4. The number of nitrogens with zero attached hydrogens (tertiary/aromatic N) is 1. The van der Waals surface area contributed by atoms with Crippen molar-refractivity contribution in [2.24, 2.45) is 46.8 Å².